The molecule has 0 aliphatic carbocycles. The summed E-state index contributed by atoms with van der Waals surface area (Å²) < 4.78 is 297. The maximum Gasteiger partial charge on any atom is 0.381 e. The number of hydrogen-bond acceptors (Lipinski definition) is 2. The van der Waals surface area contributed by atoms with Crippen molar-refractivity contribution in [2.75, 3.05) is 0 Å². The first kappa shape index (κ1) is 53.9. The summed E-state index contributed by atoms with van der Waals surface area (Å²) in [6.45, 7) is 0. The van der Waals surface area contributed by atoms with E-state index in [9.17, 15) is 52.7 Å². The predicted octanol–water partition coefficient (Wildman–Crippen LogP) is 11.4. The zero-order chi connectivity index (χ0) is 55.0. The van der Waals surface area contributed by atoms with E-state index in [1.807, 2.05) is 22.7 Å². The fourth-order valence-electron chi connectivity index (χ4n) is 8.69. The summed E-state index contributed by atoms with van der Waals surface area (Å²) >= 11 is 3.76. The number of halogens is 21. The molecule has 0 unspecified atom stereocenters. The van der Waals surface area contributed by atoms with Gasteiger partial charge < -0.3 is 0 Å². The Bertz CT molecular complexity index is 3510. The van der Waals surface area contributed by atoms with Crippen LogP contribution in [0.2, 0.25) is 0 Å². The van der Waals surface area contributed by atoms with Gasteiger partial charge in [0.2, 0.25) is 5.77 Å². The van der Waals surface area contributed by atoms with Crippen molar-refractivity contribution in [2.45, 2.75) is 0 Å². The Balaban J connectivity index is 0.000000197. The number of hydrogen-bond donors (Lipinski definition) is 0. The largest absolute Gasteiger partial charge is 0.381 e. The van der Waals surface area contributed by atoms with Crippen LogP contribution in [0.3, 0.4) is 0 Å². The smallest absolute Gasteiger partial charge is 0.207 e. The van der Waals surface area contributed by atoms with E-state index in [4.69, 9.17) is 0 Å². The standard InChI is InChI=1S/C28H18IS2.C24BF20/c1-3-7-21-17-23(11-9-19(21)5-1)25-13-15-27(30-25)29-28-16-14-26(31-28)24-12-10-20-6-2-4-8-22(20)18-24;26-5-1(6(27)14(35)21(42)13(5)34)25(2-7(28)15(36)22(43)16(37)8(2)29,3-9(30)17(38)23(44)18(39)10(3)31)4-11(32)19(40)24(45)20(41)12(4)33/h1-18H;/q+1;-1. The minimum absolute atomic E-state index is 0.147. The fraction of sp³-hybridized carbons (Fsp3) is 0. The van der Waals surface area contributed by atoms with Crippen molar-refractivity contribution >= 4 is 72.2 Å². The Morgan fingerprint density at radius 1 is 0.250 bits per heavy atom. The third-order valence-electron chi connectivity index (χ3n) is 12.1. The van der Waals surface area contributed by atoms with Gasteiger partial charge in [-0.05, 0) is 56.9 Å². The molecule has 0 saturated heterocycles. The minimum Gasteiger partial charge on any atom is -0.207 e. The van der Waals surface area contributed by atoms with Crippen molar-refractivity contribution in [1.29, 1.82) is 0 Å². The van der Waals surface area contributed by atoms with Gasteiger partial charge in [-0.3, -0.25) is 0 Å². The molecular weight excluding hydrogens is 1210 g/mol. The minimum atomic E-state index is -7.22. The second-order valence-electron chi connectivity index (χ2n) is 16.2. The van der Waals surface area contributed by atoms with E-state index in [0.29, 0.717) is 0 Å². The maximum atomic E-state index is 15.4. The second-order valence-corrected chi connectivity index (χ2v) is 22.7. The maximum absolute atomic E-state index is 15.4. The molecule has 0 atom stereocenters. The van der Waals surface area contributed by atoms with Crippen molar-refractivity contribution < 1.29 is 109 Å². The summed E-state index contributed by atoms with van der Waals surface area (Å²) in [7, 11) is 0. The second kappa shape index (κ2) is 20.6. The topological polar surface area (TPSA) is 0 Å². The van der Waals surface area contributed by atoms with Crippen LogP contribution in [0.15, 0.2) is 109 Å². The van der Waals surface area contributed by atoms with Crippen LogP contribution in [0, 0.1) is 122 Å². The molecule has 0 fully saturated rings. The van der Waals surface area contributed by atoms with Gasteiger partial charge in [0.15, 0.2) is 69.8 Å². The van der Waals surface area contributed by atoms with Gasteiger partial charge in [-0.25, -0.2) is 87.8 Å². The van der Waals surface area contributed by atoms with Gasteiger partial charge in [0.25, 0.3) is 0 Å². The van der Waals surface area contributed by atoms with Gasteiger partial charge in [0, 0.05) is 21.9 Å². The highest BCUT2D eigenvalue weighted by atomic mass is 127. The SMILES string of the molecule is Fc1c(F)c(F)c([B-](c2c(F)c(F)c(F)c(F)c2F)(c2c(F)c(F)c(F)c(F)c2F)c2c(F)c(F)c(F)c(F)c2F)c(F)c1F.c1ccc2cc(-c3ccc([I+]c4ccc(-c5ccc6ccccc6c5)s4)s3)ccc2c1. The summed E-state index contributed by atoms with van der Waals surface area (Å²) in [6, 6.07) is 40.0. The first-order valence-corrected chi connectivity index (χ1v) is 24.9. The Morgan fingerprint density at radius 3 is 0.750 bits per heavy atom. The van der Waals surface area contributed by atoms with Gasteiger partial charge in [0.05, 0.1) is 0 Å². The van der Waals surface area contributed by atoms with Crippen LogP contribution in [0.4, 0.5) is 87.8 Å². The first-order valence-electron chi connectivity index (χ1n) is 21.1. The summed E-state index contributed by atoms with van der Waals surface area (Å²) in [5.41, 5.74) is -11.7. The van der Waals surface area contributed by atoms with Crippen LogP contribution in [0.5, 0.6) is 0 Å². The number of thiophene rings is 2. The molecule has 388 valence electrons. The van der Waals surface area contributed by atoms with Crippen molar-refractivity contribution in [2.24, 2.45) is 0 Å². The fourth-order valence-corrected chi connectivity index (χ4v) is 15.0. The zero-order valence-corrected chi connectivity index (χ0v) is 40.5. The van der Waals surface area contributed by atoms with Crippen LogP contribution in [-0.2, 0) is 0 Å². The third kappa shape index (κ3) is 8.74. The van der Waals surface area contributed by atoms with Gasteiger partial charge in [0.1, 0.15) is 52.7 Å². The average Bonchev–Trinajstić information content (AvgIpc) is 4.11. The molecule has 0 radical (unpaired) electrons. The van der Waals surface area contributed by atoms with E-state index < -0.39 is 144 Å². The summed E-state index contributed by atoms with van der Waals surface area (Å²) in [5, 5.41) is 5.22. The molecule has 0 aliphatic rings. The lowest BCUT2D eigenvalue weighted by molar-refractivity contribution is -0.585. The molecule has 0 bridgehead atoms. The highest BCUT2D eigenvalue weighted by molar-refractivity contribution is 7.20. The quantitative estimate of drug-likeness (QED) is 0.0468. The van der Waals surface area contributed by atoms with Crippen molar-refractivity contribution in [3.05, 3.63) is 231 Å². The highest BCUT2D eigenvalue weighted by Crippen LogP contribution is 2.33. The lowest BCUT2D eigenvalue weighted by Crippen LogP contribution is -3.61. The summed E-state index contributed by atoms with van der Waals surface area (Å²) in [4.78, 5) is 2.73. The van der Waals surface area contributed by atoms with E-state index in [2.05, 4.69) is 109 Å². The van der Waals surface area contributed by atoms with E-state index >= 15 is 35.1 Å². The molecule has 10 aromatic rings. The molecular formula is C52H18BF20IS2. The zero-order valence-electron chi connectivity index (χ0n) is 36.7. The Hall–Kier alpha value is -6.93. The van der Waals surface area contributed by atoms with Gasteiger partial charge >= 0.3 is 21.2 Å². The molecule has 8 aromatic carbocycles. The summed E-state index contributed by atoms with van der Waals surface area (Å²) in [5.74, 6) is -71.4. The Labute approximate surface area is 431 Å². The van der Waals surface area contributed by atoms with Gasteiger partial charge in [-0.2, -0.15) is 0 Å². The molecule has 0 N–H and O–H groups in total. The molecule has 10 rings (SSSR count). The predicted molar refractivity (Wildman–Crippen MR) is 241 cm³/mol. The number of fused-ring (bicyclic) bond motifs is 2. The molecule has 0 saturated carbocycles. The van der Waals surface area contributed by atoms with E-state index in [-0.39, 0.29) is 21.2 Å². The van der Waals surface area contributed by atoms with Crippen molar-refractivity contribution in [3.63, 3.8) is 0 Å². The Morgan fingerprint density at radius 2 is 0.487 bits per heavy atom. The molecule has 24 heteroatoms. The number of benzene rings is 8. The van der Waals surface area contributed by atoms with Crippen molar-refractivity contribution in [1.82, 2.24) is 0 Å². The lowest BCUT2D eigenvalue weighted by atomic mass is 9.12. The van der Waals surface area contributed by atoms with Crippen molar-refractivity contribution in [3.8, 4) is 20.9 Å². The van der Waals surface area contributed by atoms with E-state index in [1.54, 1.807) is 0 Å². The monoisotopic (exact) mass is 1220 g/mol. The average molecular weight is 1220 g/mol. The molecule has 2 aromatic heterocycles. The highest BCUT2D eigenvalue weighted by Gasteiger charge is 2.52. The van der Waals surface area contributed by atoms with Crippen LogP contribution >= 0.6 is 22.7 Å². The molecule has 0 amide bonds. The third-order valence-corrected chi connectivity index (χ3v) is 18.1. The van der Waals surface area contributed by atoms with Crippen LogP contribution in [0.25, 0.3) is 42.4 Å². The molecule has 76 heavy (non-hydrogen) atoms. The van der Waals surface area contributed by atoms with Crippen LogP contribution in [-0.4, -0.2) is 6.15 Å². The molecule has 0 aliphatic heterocycles. The molecule has 2 heterocycles. The normalized spacial score (nSPS) is 11.7. The first-order chi connectivity index (χ1) is 36.0. The molecule has 0 nitrogen and oxygen atoms in total. The lowest BCUT2D eigenvalue weighted by Gasteiger charge is -2.44. The van der Waals surface area contributed by atoms with Gasteiger partial charge in [-0.1, -0.05) is 95.5 Å². The van der Waals surface area contributed by atoms with Crippen LogP contribution < -0.4 is 43.1 Å². The van der Waals surface area contributed by atoms with E-state index in [0.717, 1.165) is 0 Å². The number of rotatable bonds is 8. The molecule has 0 spiro atoms. The van der Waals surface area contributed by atoms with Gasteiger partial charge in [-0.15, -0.1) is 21.9 Å². The summed E-state index contributed by atoms with van der Waals surface area (Å²) in [6.07, 6.45) is -7.22. The Kier molecular flexibility index (Phi) is 14.6. The van der Waals surface area contributed by atoms with E-state index in [1.165, 1.54) is 48.2 Å². The van der Waals surface area contributed by atoms with Crippen LogP contribution in [0.1, 0.15) is 0 Å².